The molecule has 0 unspecified atom stereocenters. The Labute approximate surface area is 96.9 Å². The SMILES string of the molecule is OCC12CC(CCN1Cc1ccccc1)C2. The highest BCUT2D eigenvalue weighted by atomic mass is 16.3. The van der Waals surface area contributed by atoms with Crippen molar-refractivity contribution in [1.82, 2.24) is 4.90 Å². The summed E-state index contributed by atoms with van der Waals surface area (Å²) in [6.07, 6.45) is 3.72. The smallest absolute Gasteiger partial charge is 0.0615 e. The van der Waals surface area contributed by atoms with Crippen molar-refractivity contribution in [3.8, 4) is 0 Å². The van der Waals surface area contributed by atoms with Gasteiger partial charge in [0.15, 0.2) is 0 Å². The third-order valence-electron chi connectivity index (χ3n) is 4.33. The molecular formula is C14H19NO. The largest absolute Gasteiger partial charge is 0.394 e. The predicted molar refractivity (Wildman–Crippen MR) is 64.0 cm³/mol. The van der Waals surface area contributed by atoms with Crippen LogP contribution in [0.4, 0.5) is 0 Å². The Bertz CT molecular complexity index is 356. The minimum absolute atomic E-state index is 0.124. The van der Waals surface area contributed by atoms with E-state index >= 15 is 0 Å². The van der Waals surface area contributed by atoms with Crippen molar-refractivity contribution in [3.63, 3.8) is 0 Å². The fourth-order valence-electron chi connectivity index (χ4n) is 3.33. The maximum Gasteiger partial charge on any atom is 0.0615 e. The van der Waals surface area contributed by atoms with E-state index in [1.165, 1.54) is 24.8 Å². The number of aliphatic hydroxyl groups excluding tert-OH is 1. The second kappa shape index (κ2) is 3.86. The van der Waals surface area contributed by atoms with Crippen LogP contribution in [-0.2, 0) is 6.54 Å². The van der Waals surface area contributed by atoms with Crippen LogP contribution in [0.1, 0.15) is 24.8 Å². The Morgan fingerprint density at radius 3 is 2.69 bits per heavy atom. The van der Waals surface area contributed by atoms with Crippen molar-refractivity contribution >= 4 is 0 Å². The lowest BCUT2D eigenvalue weighted by atomic mass is 9.63. The zero-order valence-electron chi connectivity index (χ0n) is 9.60. The monoisotopic (exact) mass is 217 g/mol. The minimum Gasteiger partial charge on any atom is -0.394 e. The zero-order valence-corrected chi connectivity index (χ0v) is 9.60. The van der Waals surface area contributed by atoms with Crippen molar-refractivity contribution in [2.24, 2.45) is 5.92 Å². The molecule has 1 N–H and O–H groups in total. The lowest BCUT2D eigenvalue weighted by Crippen LogP contribution is -2.64. The third kappa shape index (κ3) is 1.57. The van der Waals surface area contributed by atoms with Gasteiger partial charge in [-0.1, -0.05) is 30.3 Å². The first-order valence-corrected chi connectivity index (χ1v) is 6.22. The van der Waals surface area contributed by atoms with E-state index in [0.717, 1.165) is 19.0 Å². The van der Waals surface area contributed by atoms with Gasteiger partial charge in [0.05, 0.1) is 6.61 Å². The second-order valence-electron chi connectivity index (χ2n) is 5.35. The Kier molecular flexibility index (Phi) is 2.49. The summed E-state index contributed by atoms with van der Waals surface area (Å²) in [6.45, 7) is 2.48. The molecule has 1 saturated carbocycles. The molecule has 4 rings (SSSR count). The first-order chi connectivity index (χ1) is 7.82. The van der Waals surface area contributed by atoms with Crippen molar-refractivity contribution in [2.45, 2.75) is 31.3 Å². The maximum absolute atomic E-state index is 9.59. The summed E-state index contributed by atoms with van der Waals surface area (Å²) in [5.74, 6) is 0.888. The summed E-state index contributed by atoms with van der Waals surface area (Å²) in [5, 5.41) is 9.59. The molecule has 86 valence electrons. The number of fused-ring (bicyclic) bond motifs is 2. The Hall–Kier alpha value is -0.860. The zero-order chi connectivity index (χ0) is 11.0. The Morgan fingerprint density at radius 1 is 1.25 bits per heavy atom. The summed E-state index contributed by atoms with van der Waals surface area (Å²) in [7, 11) is 0. The highest BCUT2D eigenvalue weighted by Crippen LogP contribution is 2.48. The first-order valence-electron chi connectivity index (χ1n) is 6.22. The fourth-order valence-corrected chi connectivity index (χ4v) is 3.33. The van der Waals surface area contributed by atoms with Crippen LogP contribution in [-0.4, -0.2) is 28.7 Å². The second-order valence-corrected chi connectivity index (χ2v) is 5.35. The summed E-state index contributed by atoms with van der Waals surface area (Å²) >= 11 is 0. The van der Waals surface area contributed by atoms with E-state index in [2.05, 4.69) is 35.2 Å². The van der Waals surface area contributed by atoms with Crippen molar-refractivity contribution in [3.05, 3.63) is 35.9 Å². The van der Waals surface area contributed by atoms with Gasteiger partial charge in [0.25, 0.3) is 0 Å². The first kappa shape index (κ1) is 10.3. The van der Waals surface area contributed by atoms with Gasteiger partial charge >= 0.3 is 0 Å². The molecule has 1 aliphatic carbocycles. The van der Waals surface area contributed by atoms with E-state index in [9.17, 15) is 5.11 Å². The molecule has 0 atom stereocenters. The van der Waals surface area contributed by atoms with E-state index in [1.807, 2.05) is 0 Å². The number of rotatable bonds is 3. The van der Waals surface area contributed by atoms with Gasteiger partial charge in [0.2, 0.25) is 0 Å². The number of aliphatic hydroxyl groups is 1. The number of nitrogens with zero attached hydrogens (tertiary/aromatic N) is 1. The average Bonchev–Trinajstić information content (AvgIpc) is 2.29. The van der Waals surface area contributed by atoms with Gasteiger partial charge in [-0.05, 0) is 37.3 Å². The van der Waals surface area contributed by atoms with Crippen LogP contribution in [0.25, 0.3) is 0 Å². The number of benzene rings is 1. The highest BCUT2D eigenvalue weighted by Gasteiger charge is 2.51. The number of piperidine rings is 2. The van der Waals surface area contributed by atoms with E-state index in [-0.39, 0.29) is 5.54 Å². The molecule has 16 heavy (non-hydrogen) atoms. The molecule has 2 saturated heterocycles. The molecule has 2 nitrogen and oxygen atoms in total. The lowest BCUT2D eigenvalue weighted by molar-refractivity contribution is -0.110. The molecule has 2 aliphatic heterocycles. The van der Waals surface area contributed by atoms with Gasteiger partial charge in [0, 0.05) is 12.1 Å². The van der Waals surface area contributed by atoms with Gasteiger partial charge in [-0.2, -0.15) is 0 Å². The molecule has 2 bridgehead atoms. The minimum atomic E-state index is 0.124. The summed E-state index contributed by atoms with van der Waals surface area (Å²) in [6, 6.07) is 10.6. The van der Waals surface area contributed by atoms with Gasteiger partial charge in [-0.25, -0.2) is 0 Å². The van der Waals surface area contributed by atoms with Gasteiger partial charge in [-0.3, -0.25) is 4.90 Å². The van der Waals surface area contributed by atoms with Gasteiger partial charge in [0.1, 0.15) is 0 Å². The summed E-state index contributed by atoms with van der Waals surface area (Å²) < 4.78 is 0. The molecule has 1 aromatic carbocycles. The predicted octanol–water partition coefficient (Wildman–Crippen LogP) is 2.03. The summed E-state index contributed by atoms with van der Waals surface area (Å²) in [5.41, 5.74) is 1.49. The van der Waals surface area contributed by atoms with Crippen LogP contribution in [0.15, 0.2) is 30.3 Å². The molecule has 0 radical (unpaired) electrons. The molecule has 2 heterocycles. The molecule has 3 aliphatic rings. The lowest BCUT2D eigenvalue weighted by Gasteiger charge is -2.58. The van der Waals surface area contributed by atoms with E-state index in [4.69, 9.17) is 0 Å². The number of hydrogen-bond acceptors (Lipinski definition) is 2. The molecule has 0 aromatic heterocycles. The van der Waals surface area contributed by atoms with Crippen LogP contribution in [0.2, 0.25) is 0 Å². The molecule has 0 spiro atoms. The quantitative estimate of drug-likeness (QED) is 0.837. The molecule has 3 fully saturated rings. The van der Waals surface area contributed by atoms with Crippen LogP contribution in [0.3, 0.4) is 0 Å². The fraction of sp³-hybridized carbons (Fsp3) is 0.571. The van der Waals surface area contributed by atoms with Crippen LogP contribution in [0.5, 0.6) is 0 Å². The van der Waals surface area contributed by atoms with E-state index < -0.39 is 0 Å². The maximum atomic E-state index is 9.59. The molecule has 0 amide bonds. The standard InChI is InChI=1S/C14H19NO/c16-11-14-8-13(9-14)6-7-15(14)10-12-4-2-1-3-5-12/h1-5,13,16H,6-11H2. The van der Waals surface area contributed by atoms with Crippen molar-refractivity contribution < 1.29 is 5.11 Å². The van der Waals surface area contributed by atoms with Crippen LogP contribution < -0.4 is 0 Å². The van der Waals surface area contributed by atoms with Crippen LogP contribution in [0, 0.1) is 5.92 Å². The molecule has 1 aromatic rings. The van der Waals surface area contributed by atoms with E-state index in [0.29, 0.717) is 6.61 Å². The normalized spacial score (nSPS) is 33.4. The highest BCUT2D eigenvalue weighted by molar-refractivity contribution is 5.16. The average molecular weight is 217 g/mol. The topological polar surface area (TPSA) is 23.5 Å². The van der Waals surface area contributed by atoms with Crippen molar-refractivity contribution in [1.29, 1.82) is 0 Å². The third-order valence-corrected chi connectivity index (χ3v) is 4.33. The molecule has 2 heteroatoms. The Morgan fingerprint density at radius 2 is 2.00 bits per heavy atom. The Balaban J connectivity index is 1.74. The number of hydrogen-bond donors (Lipinski definition) is 1. The van der Waals surface area contributed by atoms with Crippen LogP contribution >= 0.6 is 0 Å². The van der Waals surface area contributed by atoms with Gasteiger partial charge in [-0.15, -0.1) is 0 Å². The van der Waals surface area contributed by atoms with Gasteiger partial charge < -0.3 is 5.11 Å². The molecular weight excluding hydrogens is 198 g/mol. The van der Waals surface area contributed by atoms with Crippen molar-refractivity contribution in [2.75, 3.05) is 13.2 Å². The van der Waals surface area contributed by atoms with E-state index in [1.54, 1.807) is 0 Å². The summed E-state index contributed by atoms with van der Waals surface area (Å²) in [4.78, 5) is 2.49.